The number of benzene rings is 1. The zero-order chi connectivity index (χ0) is 20.7. The smallest absolute Gasteiger partial charge is 0.291 e. The fourth-order valence-corrected chi connectivity index (χ4v) is 3.90. The number of aromatic nitrogens is 2. The van der Waals surface area contributed by atoms with Crippen molar-refractivity contribution in [3.63, 3.8) is 0 Å². The Balaban J connectivity index is 1.58. The van der Waals surface area contributed by atoms with Crippen LogP contribution in [0.4, 0.5) is 4.39 Å². The number of piperidine rings is 1. The molecular formula is C21H21FN4O3. The zero-order valence-corrected chi connectivity index (χ0v) is 16.2. The molecule has 2 amide bonds. The van der Waals surface area contributed by atoms with Crippen LogP contribution in [0.15, 0.2) is 28.7 Å². The van der Waals surface area contributed by atoms with Gasteiger partial charge in [-0.3, -0.25) is 14.6 Å². The summed E-state index contributed by atoms with van der Waals surface area (Å²) in [6.07, 6.45) is 1.27. The highest BCUT2D eigenvalue weighted by Gasteiger charge is 2.30. The van der Waals surface area contributed by atoms with Gasteiger partial charge >= 0.3 is 0 Å². The van der Waals surface area contributed by atoms with Gasteiger partial charge in [-0.05, 0) is 44.0 Å². The number of pyridine rings is 1. The maximum atomic E-state index is 13.5. The average Bonchev–Trinajstić information content (AvgIpc) is 3.04. The molecule has 2 N–H and O–H groups in total. The molecule has 1 aromatic carbocycles. The third-order valence-corrected chi connectivity index (χ3v) is 5.34. The van der Waals surface area contributed by atoms with E-state index < -0.39 is 11.7 Å². The number of nitrogens with two attached hydrogens (primary N) is 1. The second kappa shape index (κ2) is 7.27. The molecule has 29 heavy (non-hydrogen) atoms. The van der Waals surface area contributed by atoms with Gasteiger partial charge in [0.2, 0.25) is 5.76 Å². The van der Waals surface area contributed by atoms with E-state index in [-0.39, 0.29) is 17.6 Å². The quantitative estimate of drug-likeness (QED) is 0.733. The number of hydrogen-bond donors (Lipinski definition) is 1. The monoisotopic (exact) mass is 396 g/mol. The Morgan fingerprint density at radius 1 is 1.17 bits per heavy atom. The lowest BCUT2D eigenvalue weighted by Gasteiger charge is -2.32. The van der Waals surface area contributed by atoms with Gasteiger partial charge in [0.1, 0.15) is 5.82 Å². The van der Waals surface area contributed by atoms with E-state index in [1.165, 1.54) is 12.1 Å². The normalized spacial score (nSPS) is 15.1. The van der Waals surface area contributed by atoms with Gasteiger partial charge in [0.25, 0.3) is 11.8 Å². The van der Waals surface area contributed by atoms with E-state index >= 15 is 0 Å². The summed E-state index contributed by atoms with van der Waals surface area (Å²) in [4.78, 5) is 35.2. The van der Waals surface area contributed by atoms with Crippen molar-refractivity contribution in [2.24, 2.45) is 5.73 Å². The molecule has 0 spiro atoms. The highest BCUT2D eigenvalue weighted by atomic mass is 19.1. The summed E-state index contributed by atoms with van der Waals surface area (Å²) in [5, 5.41) is 0.534. The van der Waals surface area contributed by atoms with Crippen LogP contribution in [-0.2, 0) is 0 Å². The lowest BCUT2D eigenvalue weighted by Crippen LogP contribution is -2.38. The van der Waals surface area contributed by atoms with Crippen LogP contribution in [0.1, 0.15) is 57.0 Å². The molecule has 1 aliphatic heterocycles. The largest absolute Gasteiger partial charge is 0.436 e. The summed E-state index contributed by atoms with van der Waals surface area (Å²) >= 11 is 0. The van der Waals surface area contributed by atoms with E-state index in [0.29, 0.717) is 59.7 Å². The van der Waals surface area contributed by atoms with E-state index in [1.54, 1.807) is 30.9 Å². The SMILES string of the molecule is Cc1nc(C)c(C(=O)N2CCC(c3nc4ccc(F)cc4cc3C(N)=O)CC2)o1. The summed E-state index contributed by atoms with van der Waals surface area (Å²) in [5.41, 5.74) is 7.66. The molecule has 4 rings (SSSR count). The first-order valence-corrected chi connectivity index (χ1v) is 9.47. The molecule has 7 nitrogen and oxygen atoms in total. The van der Waals surface area contributed by atoms with Crippen LogP contribution in [0.5, 0.6) is 0 Å². The predicted octanol–water partition coefficient (Wildman–Crippen LogP) is 3.10. The number of aryl methyl sites for hydroxylation is 2. The van der Waals surface area contributed by atoms with Gasteiger partial charge in [0.05, 0.1) is 22.5 Å². The Labute approximate surface area is 166 Å². The lowest BCUT2D eigenvalue weighted by atomic mass is 9.89. The van der Waals surface area contributed by atoms with Crippen LogP contribution in [0.2, 0.25) is 0 Å². The second-order valence-electron chi connectivity index (χ2n) is 7.34. The first kappa shape index (κ1) is 19.0. The molecule has 0 unspecified atom stereocenters. The number of nitrogens with zero attached hydrogens (tertiary/aromatic N) is 3. The molecule has 150 valence electrons. The fourth-order valence-electron chi connectivity index (χ4n) is 3.90. The van der Waals surface area contributed by atoms with Crippen LogP contribution in [0, 0.1) is 19.7 Å². The number of amides is 2. The Hall–Kier alpha value is -3.29. The van der Waals surface area contributed by atoms with E-state index in [9.17, 15) is 14.0 Å². The number of halogens is 1. The number of oxazole rings is 1. The molecule has 1 aliphatic rings. The third kappa shape index (κ3) is 3.57. The maximum Gasteiger partial charge on any atom is 0.291 e. The van der Waals surface area contributed by atoms with Gasteiger partial charge < -0.3 is 15.1 Å². The Morgan fingerprint density at radius 3 is 2.52 bits per heavy atom. The topological polar surface area (TPSA) is 102 Å². The number of carbonyl (C=O) groups is 2. The molecule has 8 heteroatoms. The Morgan fingerprint density at radius 2 is 1.90 bits per heavy atom. The van der Waals surface area contributed by atoms with Crippen molar-refractivity contribution >= 4 is 22.7 Å². The van der Waals surface area contributed by atoms with E-state index in [2.05, 4.69) is 9.97 Å². The number of carbonyl (C=O) groups excluding carboxylic acids is 2. The number of fused-ring (bicyclic) bond motifs is 1. The molecule has 2 aromatic heterocycles. The first-order valence-electron chi connectivity index (χ1n) is 9.47. The lowest BCUT2D eigenvalue weighted by molar-refractivity contribution is 0.0676. The highest BCUT2D eigenvalue weighted by molar-refractivity contribution is 5.98. The van der Waals surface area contributed by atoms with Crippen molar-refractivity contribution in [1.82, 2.24) is 14.9 Å². The predicted molar refractivity (Wildman–Crippen MR) is 104 cm³/mol. The van der Waals surface area contributed by atoms with Crippen LogP contribution in [0.25, 0.3) is 10.9 Å². The van der Waals surface area contributed by atoms with Crippen LogP contribution in [-0.4, -0.2) is 39.8 Å². The number of rotatable bonds is 3. The van der Waals surface area contributed by atoms with E-state index in [0.717, 1.165) is 0 Å². The minimum Gasteiger partial charge on any atom is -0.436 e. The van der Waals surface area contributed by atoms with Crippen molar-refractivity contribution in [3.8, 4) is 0 Å². The molecule has 0 atom stereocenters. The van der Waals surface area contributed by atoms with Crippen LogP contribution >= 0.6 is 0 Å². The van der Waals surface area contributed by atoms with Crippen LogP contribution < -0.4 is 5.73 Å². The van der Waals surface area contributed by atoms with Gasteiger partial charge in [-0.25, -0.2) is 9.37 Å². The molecular weight excluding hydrogens is 375 g/mol. The molecule has 1 fully saturated rings. The Bertz CT molecular complexity index is 1120. The van der Waals surface area contributed by atoms with Crippen molar-refractivity contribution in [2.75, 3.05) is 13.1 Å². The van der Waals surface area contributed by atoms with Crippen LogP contribution in [0.3, 0.4) is 0 Å². The first-order chi connectivity index (χ1) is 13.8. The van der Waals surface area contributed by atoms with Gasteiger partial charge in [-0.15, -0.1) is 0 Å². The third-order valence-electron chi connectivity index (χ3n) is 5.34. The average molecular weight is 396 g/mol. The molecule has 0 bridgehead atoms. The summed E-state index contributed by atoms with van der Waals surface area (Å²) in [6, 6.07) is 5.86. The molecule has 3 heterocycles. The highest BCUT2D eigenvalue weighted by Crippen LogP contribution is 2.32. The van der Waals surface area contributed by atoms with Gasteiger partial charge in [0.15, 0.2) is 5.89 Å². The number of primary amides is 1. The molecule has 0 radical (unpaired) electrons. The van der Waals surface area contributed by atoms with Crippen molar-refractivity contribution in [1.29, 1.82) is 0 Å². The summed E-state index contributed by atoms with van der Waals surface area (Å²) in [7, 11) is 0. The summed E-state index contributed by atoms with van der Waals surface area (Å²) in [6.45, 7) is 4.46. The summed E-state index contributed by atoms with van der Waals surface area (Å²) < 4.78 is 19.0. The maximum absolute atomic E-state index is 13.5. The molecule has 1 saturated heterocycles. The van der Waals surface area contributed by atoms with Crippen molar-refractivity contribution in [2.45, 2.75) is 32.6 Å². The van der Waals surface area contributed by atoms with Gasteiger partial charge in [-0.2, -0.15) is 0 Å². The molecule has 0 saturated carbocycles. The van der Waals surface area contributed by atoms with Crippen molar-refractivity contribution < 1.29 is 18.4 Å². The zero-order valence-electron chi connectivity index (χ0n) is 16.2. The Kier molecular flexibility index (Phi) is 4.77. The minimum atomic E-state index is -0.593. The summed E-state index contributed by atoms with van der Waals surface area (Å²) in [5.74, 6) is -0.461. The fraction of sp³-hybridized carbons (Fsp3) is 0.333. The van der Waals surface area contributed by atoms with E-state index in [1.807, 2.05) is 0 Å². The second-order valence-corrected chi connectivity index (χ2v) is 7.34. The minimum absolute atomic E-state index is 0.0198. The van der Waals surface area contributed by atoms with Gasteiger partial charge in [-0.1, -0.05) is 0 Å². The standard InChI is InChI=1S/C21H21FN4O3/c1-11-19(29-12(2)24-11)21(28)26-7-5-13(6-8-26)18-16(20(23)27)10-14-9-15(22)3-4-17(14)25-18/h3-4,9-10,13H,5-8H2,1-2H3,(H2,23,27). The van der Waals surface area contributed by atoms with E-state index in [4.69, 9.17) is 10.2 Å². The van der Waals surface area contributed by atoms with Gasteiger partial charge in [0, 0.05) is 31.3 Å². The number of likely N-dealkylation sites (tertiary alicyclic amines) is 1. The molecule has 3 aromatic rings. The molecule has 0 aliphatic carbocycles. The number of hydrogen-bond acceptors (Lipinski definition) is 5. The van der Waals surface area contributed by atoms with Crippen molar-refractivity contribution in [3.05, 3.63) is 58.7 Å².